The lowest BCUT2D eigenvalue weighted by Gasteiger charge is -2.31. The predicted octanol–water partition coefficient (Wildman–Crippen LogP) is 4.98. The molecular weight excluding hydrogens is 436 g/mol. The molecule has 1 saturated carbocycles. The van der Waals surface area contributed by atoms with Gasteiger partial charge in [-0.15, -0.1) is 11.8 Å². The zero-order valence-corrected chi connectivity index (χ0v) is 20.4. The fraction of sp³-hybridized carbons (Fsp3) is 0.423. The molecule has 1 N–H and O–H groups in total. The Morgan fingerprint density at radius 2 is 1.76 bits per heavy atom. The first-order valence-electron chi connectivity index (χ1n) is 11.4. The Balaban J connectivity index is 1.54. The zero-order valence-electron chi connectivity index (χ0n) is 19.6. The van der Waals surface area contributed by atoms with Crippen molar-refractivity contribution in [3.63, 3.8) is 0 Å². The Bertz CT molecular complexity index is 1000. The van der Waals surface area contributed by atoms with Gasteiger partial charge in [0.1, 0.15) is 0 Å². The van der Waals surface area contributed by atoms with Crippen molar-refractivity contribution in [2.45, 2.75) is 56.9 Å². The molecule has 0 heterocycles. The van der Waals surface area contributed by atoms with Crippen molar-refractivity contribution < 1.29 is 19.1 Å². The minimum atomic E-state index is -0.581. The van der Waals surface area contributed by atoms with Crippen LogP contribution in [-0.2, 0) is 14.3 Å². The second kappa shape index (κ2) is 11.9. The molecule has 2 amide bonds. The van der Waals surface area contributed by atoms with Crippen molar-refractivity contribution >= 4 is 35.2 Å². The number of benzene rings is 2. The van der Waals surface area contributed by atoms with Crippen LogP contribution in [0.5, 0.6) is 0 Å². The Labute approximate surface area is 200 Å². The lowest BCUT2D eigenvalue weighted by Crippen LogP contribution is -2.39. The Morgan fingerprint density at radius 3 is 2.52 bits per heavy atom. The molecule has 3 rings (SSSR count). The van der Waals surface area contributed by atoms with Gasteiger partial charge in [-0.05, 0) is 56.0 Å². The highest BCUT2D eigenvalue weighted by molar-refractivity contribution is 8.00. The van der Waals surface area contributed by atoms with E-state index >= 15 is 0 Å². The number of amides is 2. The topological polar surface area (TPSA) is 75.7 Å². The summed E-state index contributed by atoms with van der Waals surface area (Å²) in [5.74, 6) is -0.665. The van der Waals surface area contributed by atoms with E-state index in [0.29, 0.717) is 22.2 Å². The number of anilines is 1. The molecule has 1 aliphatic carbocycles. The number of nitrogens with one attached hydrogen (secondary N) is 1. The van der Waals surface area contributed by atoms with Crippen molar-refractivity contribution in [3.8, 4) is 0 Å². The maximum Gasteiger partial charge on any atom is 0.339 e. The van der Waals surface area contributed by atoms with Gasteiger partial charge in [-0.2, -0.15) is 0 Å². The minimum absolute atomic E-state index is 0.0583. The van der Waals surface area contributed by atoms with Crippen LogP contribution < -0.4 is 5.32 Å². The van der Waals surface area contributed by atoms with E-state index in [-0.39, 0.29) is 18.3 Å². The molecule has 0 saturated heterocycles. The van der Waals surface area contributed by atoms with Gasteiger partial charge < -0.3 is 15.0 Å². The SMILES string of the molecule is Cc1cccc(NC(=O)COC(=O)c2ccccc2SCC(=O)N(C)C2CCCCC2)c1C. The highest BCUT2D eigenvalue weighted by atomic mass is 32.2. The largest absolute Gasteiger partial charge is 0.452 e. The Kier molecular flexibility index (Phi) is 8.95. The summed E-state index contributed by atoms with van der Waals surface area (Å²) in [6.07, 6.45) is 5.69. The van der Waals surface area contributed by atoms with E-state index in [1.807, 2.05) is 50.1 Å². The van der Waals surface area contributed by atoms with Crippen LogP contribution in [0.15, 0.2) is 47.4 Å². The third-order valence-corrected chi connectivity index (χ3v) is 7.25. The van der Waals surface area contributed by atoms with Crippen LogP contribution in [-0.4, -0.2) is 48.1 Å². The average Bonchev–Trinajstić information content (AvgIpc) is 2.84. The lowest BCUT2D eigenvalue weighted by molar-refractivity contribution is -0.129. The second-order valence-electron chi connectivity index (χ2n) is 8.45. The van der Waals surface area contributed by atoms with Crippen LogP contribution in [0.3, 0.4) is 0 Å². The number of thioether (sulfide) groups is 1. The predicted molar refractivity (Wildman–Crippen MR) is 132 cm³/mol. The Hall–Kier alpha value is -2.80. The molecule has 0 aromatic heterocycles. The van der Waals surface area contributed by atoms with Gasteiger partial charge >= 0.3 is 5.97 Å². The summed E-state index contributed by atoms with van der Waals surface area (Å²) in [6.45, 7) is 3.52. The summed E-state index contributed by atoms with van der Waals surface area (Å²) in [6, 6.07) is 13.0. The van der Waals surface area contributed by atoms with E-state index in [2.05, 4.69) is 5.32 Å². The molecule has 1 fully saturated rings. The normalized spacial score (nSPS) is 13.9. The summed E-state index contributed by atoms with van der Waals surface area (Å²) in [7, 11) is 1.87. The zero-order chi connectivity index (χ0) is 23.8. The molecule has 0 radical (unpaired) electrons. The first-order chi connectivity index (χ1) is 15.9. The van der Waals surface area contributed by atoms with Crippen molar-refractivity contribution in [1.29, 1.82) is 0 Å². The molecular formula is C26H32N2O4S. The summed E-state index contributed by atoms with van der Waals surface area (Å²) in [5.41, 5.74) is 3.10. The van der Waals surface area contributed by atoms with Crippen LogP contribution in [0.4, 0.5) is 5.69 Å². The number of hydrogen-bond acceptors (Lipinski definition) is 5. The number of carbonyl (C=O) groups is 3. The molecule has 33 heavy (non-hydrogen) atoms. The number of rotatable bonds is 8. The van der Waals surface area contributed by atoms with Crippen LogP contribution in [0.1, 0.15) is 53.6 Å². The number of ether oxygens (including phenoxy) is 1. The molecule has 176 valence electrons. The highest BCUT2D eigenvalue weighted by Gasteiger charge is 2.23. The fourth-order valence-electron chi connectivity index (χ4n) is 3.96. The third-order valence-electron chi connectivity index (χ3n) is 6.19. The summed E-state index contributed by atoms with van der Waals surface area (Å²) in [5, 5.41) is 2.78. The third kappa shape index (κ3) is 6.84. The molecule has 0 aliphatic heterocycles. The minimum Gasteiger partial charge on any atom is -0.452 e. The quantitative estimate of drug-likeness (QED) is 0.437. The van der Waals surface area contributed by atoms with Crippen molar-refractivity contribution in [2.24, 2.45) is 0 Å². The molecule has 0 spiro atoms. The van der Waals surface area contributed by atoms with Gasteiger partial charge in [0.15, 0.2) is 6.61 Å². The number of aryl methyl sites for hydroxylation is 1. The standard InChI is InChI=1S/C26H32N2O4S/c1-18-10-9-14-22(19(18)2)27-24(29)16-32-26(31)21-13-7-8-15-23(21)33-17-25(30)28(3)20-11-5-4-6-12-20/h7-10,13-15,20H,4-6,11-12,16-17H2,1-3H3,(H,27,29). The van der Waals surface area contributed by atoms with E-state index in [1.54, 1.807) is 18.2 Å². The monoisotopic (exact) mass is 468 g/mol. The van der Waals surface area contributed by atoms with E-state index in [9.17, 15) is 14.4 Å². The van der Waals surface area contributed by atoms with E-state index < -0.39 is 11.9 Å². The molecule has 1 aliphatic rings. The van der Waals surface area contributed by atoms with Gasteiger partial charge in [-0.25, -0.2) is 4.79 Å². The number of esters is 1. The smallest absolute Gasteiger partial charge is 0.339 e. The molecule has 6 nitrogen and oxygen atoms in total. The maximum absolute atomic E-state index is 12.7. The van der Waals surface area contributed by atoms with Gasteiger partial charge in [-0.3, -0.25) is 9.59 Å². The highest BCUT2D eigenvalue weighted by Crippen LogP contribution is 2.26. The molecule has 0 atom stereocenters. The number of carbonyl (C=O) groups excluding carboxylic acids is 3. The molecule has 2 aromatic rings. The van der Waals surface area contributed by atoms with E-state index in [1.165, 1.54) is 31.0 Å². The summed E-state index contributed by atoms with van der Waals surface area (Å²) >= 11 is 1.32. The van der Waals surface area contributed by atoms with Crippen LogP contribution in [0.25, 0.3) is 0 Å². The van der Waals surface area contributed by atoms with Crippen molar-refractivity contribution in [1.82, 2.24) is 4.90 Å². The molecule has 2 aromatic carbocycles. The average molecular weight is 469 g/mol. The summed E-state index contributed by atoms with van der Waals surface area (Å²) < 4.78 is 5.26. The summed E-state index contributed by atoms with van der Waals surface area (Å²) in [4.78, 5) is 40.1. The maximum atomic E-state index is 12.7. The molecule has 0 unspecified atom stereocenters. The first-order valence-corrected chi connectivity index (χ1v) is 12.4. The van der Waals surface area contributed by atoms with Crippen LogP contribution in [0.2, 0.25) is 0 Å². The van der Waals surface area contributed by atoms with E-state index in [0.717, 1.165) is 24.0 Å². The van der Waals surface area contributed by atoms with E-state index in [4.69, 9.17) is 4.74 Å². The Morgan fingerprint density at radius 1 is 1.03 bits per heavy atom. The fourth-order valence-corrected chi connectivity index (χ4v) is 4.92. The van der Waals surface area contributed by atoms with Crippen molar-refractivity contribution in [3.05, 3.63) is 59.2 Å². The molecule has 0 bridgehead atoms. The van der Waals surface area contributed by atoms with Gasteiger partial charge in [-0.1, -0.05) is 43.5 Å². The first kappa shape index (κ1) is 24.8. The van der Waals surface area contributed by atoms with Gasteiger partial charge in [0, 0.05) is 23.7 Å². The number of hydrogen-bond donors (Lipinski definition) is 1. The van der Waals surface area contributed by atoms with Gasteiger partial charge in [0.25, 0.3) is 5.91 Å². The van der Waals surface area contributed by atoms with Gasteiger partial charge in [0.05, 0.1) is 11.3 Å². The van der Waals surface area contributed by atoms with Crippen molar-refractivity contribution in [2.75, 3.05) is 24.7 Å². The number of nitrogens with zero attached hydrogens (tertiary/aromatic N) is 1. The van der Waals surface area contributed by atoms with Gasteiger partial charge in [0.2, 0.25) is 5.91 Å². The van der Waals surface area contributed by atoms with Crippen LogP contribution in [0, 0.1) is 13.8 Å². The van der Waals surface area contributed by atoms with Crippen LogP contribution >= 0.6 is 11.8 Å². The second-order valence-corrected chi connectivity index (χ2v) is 9.47. The lowest BCUT2D eigenvalue weighted by atomic mass is 9.94. The molecule has 7 heteroatoms.